The first-order chi connectivity index (χ1) is 10.3. The number of rotatable bonds is 9. The molecule has 8 nitrogen and oxygen atoms in total. The standard InChI is InChI=1S/C13H20N2O6S/c1-9(8-21-2)15-22(19,20)10-3-4-12(14-5-6-16)11(7-10)13(17)18/h3-4,7,9,14-16H,5-6,8H2,1-2H3,(H,17,18). The topological polar surface area (TPSA) is 125 Å². The Balaban J connectivity index is 3.10. The van der Waals surface area contributed by atoms with Gasteiger partial charge in [0, 0.05) is 25.4 Å². The summed E-state index contributed by atoms with van der Waals surface area (Å²) in [5, 5.41) is 20.7. The molecule has 0 radical (unpaired) electrons. The number of aromatic carboxylic acids is 1. The third-order valence-corrected chi connectivity index (χ3v) is 4.32. The van der Waals surface area contributed by atoms with E-state index in [0.29, 0.717) is 0 Å². The second kappa shape index (κ2) is 8.08. The second-order valence-electron chi connectivity index (χ2n) is 4.64. The number of sulfonamides is 1. The quantitative estimate of drug-likeness (QED) is 0.505. The second-order valence-corrected chi connectivity index (χ2v) is 6.35. The van der Waals surface area contributed by atoms with Crippen molar-refractivity contribution in [2.45, 2.75) is 17.9 Å². The molecule has 1 atom stereocenters. The highest BCUT2D eigenvalue weighted by Gasteiger charge is 2.20. The first kappa shape index (κ1) is 18.4. The van der Waals surface area contributed by atoms with Crippen LogP contribution in [-0.2, 0) is 14.8 Å². The highest BCUT2D eigenvalue weighted by molar-refractivity contribution is 7.89. The molecule has 0 fully saturated rings. The Kier molecular flexibility index (Phi) is 6.75. The Hall–Kier alpha value is -1.68. The molecule has 0 bridgehead atoms. The fourth-order valence-electron chi connectivity index (χ4n) is 1.83. The van der Waals surface area contributed by atoms with Gasteiger partial charge >= 0.3 is 5.97 Å². The fourth-order valence-corrected chi connectivity index (χ4v) is 3.08. The summed E-state index contributed by atoms with van der Waals surface area (Å²) in [6, 6.07) is 3.28. The van der Waals surface area contributed by atoms with E-state index in [1.54, 1.807) is 6.92 Å². The molecule has 0 heterocycles. The van der Waals surface area contributed by atoms with Crippen molar-refractivity contribution in [1.29, 1.82) is 0 Å². The molecule has 0 aliphatic rings. The number of aliphatic hydroxyl groups excluding tert-OH is 1. The van der Waals surface area contributed by atoms with Crippen LogP contribution in [-0.4, -0.2) is 57.5 Å². The van der Waals surface area contributed by atoms with Crippen molar-refractivity contribution in [2.24, 2.45) is 0 Å². The number of hydrogen-bond donors (Lipinski definition) is 4. The van der Waals surface area contributed by atoms with Crippen LogP contribution in [0.15, 0.2) is 23.1 Å². The zero-order valence-electron chi connectivity index (χ0n) is 12.4. The van der Waals surface area contributed by atoms with E-state index in [9.17, 15) is 18.3 Å². The minimum absolute atomic E-state index is 0.151. The summed E-state index contributed by atoms with van der Waals surface area (Å²) in [5.41, 5.74) is 0.0566. The van der Waals surface area contributed by atoms with Gasteiger partial charge in [0.1, 0.15) is 0 Å². The van der Waals surface area contributed by atoms with Crippen LogP contribution in [0.2, 0.25) is 0 Å². The highest BCUT2D eigenvalue weighted by Crippen LogP contribution is 2.20. The molecule has 1 unspecified atom stereocenters. The molecule has 1 rings (SSSR count). The number of anilines is 1. The van der Waals surface area contributed by atoms with Crippen LogP contribution in [0, 0.1) is 0 Å². The predicted molar refractivity (Wildman–Crippen MR) is 80.6 cm³/mol. The fraction of sp³-hybridized carbons (Fsp3) is 0.462. The Labute approximate surface area is 129 Å². The average molecular weight is 332 g/mol. The van der Waals surface area contributed by atoms with Crippen LogP contribution in [0.1, 0.15) is 17.3 Å². The normalized spacial score (nSPS) is 12.9. The number of methoxy groups -OCH3 is 1. The van der Waals surface area contributed by atoms with Gasteiger partial charge in [-0.3, -0.25) is 0 Å². The van der Waals surface area contributed by atoms with E-state index in [4.69, 9.17) is 9.84 Å². The molecule has 22 heavy (non-hydrogen) atoms. The van der Waals surface area contributed by atoms with Crippen LogP contribution in [0.3, 0.4) is 0 Å². The lowest BCUT2D eigenvalue weighted by atomic mass is 10.2. The van der Waals surface area contributed by atoms with E-state index in [0.717, 1.165) is 6.07 Å². The number of benzene rings is 1. The minimum atomic E-state index is -3.85. The number of nitrogens with one attached hydrogen (secondary N) is 2. The van der Waals surface area contributed by atoms with Crippen molar-refractivity contribution in [3.63, 3.8) is 0 Å². The Morgan fingerprint density at radius 1 is 1.41 bits per heavy atom. The lowest BCUT2D eigenvalue weighted by molar-refractivity contribution is 0.0697. The van der Waals surface area contributed by atoms with E-state index in [-0.39, 0.29) is 35.9 Å². The molecular weight excluding hydrogens is 312 g/mol. The molecule has 124 valence electrons. The Morgan fingerprint density at radius 3 is 2.64 bits per heavy atom. The molecule has 0 spiro atoms. The molecule has 0 amide bonds. The lowest BCUT2D eigenvalue weighted by Gasteiger charge is -2.15. The molecular formula is C13H20N2O6S. The summed E-state index contributed by atoms with van der Waals surface area (Å²) in [5.74, 6) is -1.26. The first-order valence-corrected chi connectivity index (χ1v) is 8.03. The SMILES string of the molecule is COCC(C)NS(=O)(=O)c1ccc(NCCO)c(C(=O)O)c1. The maximum atomic E-state index is 12.2. The zero-order valence-corrected chi connectivity index (χ0v) is 13.2. The smallest absolute Gasteiger partial charge is 0.337 e. The molecule has 1 aromatic rings. The van der Waals surface area contributed by atoms with Gasteiger partial charge in [-0.1, -0.05) is 0 Å². The number of carboxylic acid groups (broad SMARTS) is 1. The van der Waals surface area contributed by atoms with E-state index in [1.807, 2.05) is 0 Å². The third-order valence-electron chi connectivity index (χ3n) is 2.73. The molecule has 0 aliphatic heterocycles. The van der Waals surface area contributed by atoms with Gasteiger partial charge in [-0.05, 0) is 25.1 Å². The molecule has 9 heteroatoms. The Bertz CT molecular complexity index is 617. The van der Waals surface area contributed by atoms with Crippen LogP contribution >= 0.6 is 0 Å². The van der Waals surface area contributed by atoms with E-state index >= 15 is 0 Å². The van der Waals surface area contributed by atoms with Crippen LogP contribution in [0.5, 0.6) is 0 Å². The number of hydrogen-bond acceptors (Lipinski definition) is 6. The summed E-state index contributed by atoms with van der Waals surface area (Å²) < 4.78 is 31.6. The van der Waals surface area contributed by atoms with Gasteiger partial charge in [0.05, 0.1) is 23.7 Å². The number of carbonyl (C=O) groups is 1. The van der Waals surface area contributed by atoms with Crippen molar-refractivity contribution in [2.75, 3.05) is 32.2 Å². The molecule has 1 aromatic carbocycles. The van der Waals surface area contributed by atoms with Crippen molar-refractivity contribution in [3.05, 3.63) is 23.8 Å². The first-order valence-electron chi connectivity index (χ1n) is 6.55. The van der Waals surface area contributed by atoms with E-state index in [1.165, 1.54) is 19.2 Å². The zero-order chi connectivity index (χ0) is 16.8. The summed E-state index contributed by atoms with van der Waals surface area (Å²) in [6.45, 7) is 1.82. The van der Waals surface area contributed by atoms with E-state index < -0.39 is 22.0 Å². The average Bonchev–Trinajstić information content (AvgIpc) is 2.44. The van der Waals surface area contributed by atoms with Gasteiger partial charge in [-0.2, -0.15) is 0 Å². The van der Waals surface area contributed by atoms with Crippen LogP contribution in [0.25, 0.3) is 0 Å². The van der Waals surface area contributed by atoms with Gasteiger partial charge in [-0.15, -0.1) is 0 Å². The summed E-state index contributed by atoms with van der Waals surface area (Å²) >= 11 is 0. The van der Waals surface area contributed by atoms with Crippen molar-refractivity contribution >= 4 is 21.7 Å². The van der Waals surface area contributed by atoms with Crippen molar-refractivity contribution in [1.82, 2.24) is 4.72 Å². The van der Waals surface area contributed by atoms with Crippen LogP contribution in [0.4, 0.5) is 5.69 Å². The maximum absolute atomic E-state index is 12.2. The van der Waals surface area contributed by atoms with Crippen LogP contribution < -0.4 is 10.0 Å². The highest BCUT2D eigenvalue weighted by atomic mass is 32.2. The predicted octanol–water partition coefficient (Wildman–Crippen LogP) is 0.102. The molecule has 4 N–H and O–H groups in total. The van der Waals surface area contributed by atoms with Gasteiger partial charge < -0.3 is 20.3 Å². The number of ether oxygens (including phenoxy) is 1. The lowest BCUT2D eigenvalue weighted by Crippen LogP contribution is -2.35. The largest absolute Gasteiger partial charge is 0.478 e. The molecule has 0 aliphatic carbocycles. The molecule has 0 saturated heterocycles. The summed E-state index contributed by atoms with van der Waals surface area (Å²) in [6.07, 6.45) is 0. The Morgan fingerprint density at radius 2 is 2.09 bits per heavy atom. The van der Waals surface area contributed by atoms with Gasteiger partial charge in [0.2, 0.25) is 10.0 Å². The maximum Gasteiger partial charge on any atom is 0.337 e. The van der Waals surface area contributed by atoms with Crippen molar-refractivity contribution in [3.8, 4) is 0 Å². The summed E-state index contributed by atoms with van der Waals surface area (Å²) in [4.78, 5) is 11.1. The van der Waals surface area contributed by atoms with Crippen molar-refractivity contribution < 1.29 is 28.2 Å². The molecule has 0 aromatic heterocycles. The van der Waals surface area contributed by atoms with Gasteiger partial charge in [-0.25, -0.2) is 17.9 Å². The van der Waals surface area contributed by atoms with Gasteiger partial charge in [0.25, 0.3) is 0 Å². The minimum Gasteiger partial charge on any atom is -0.478 e. The summed E-state index contributed by atoms with van der Waals surface area (Å²) in [7, 11) is -2.39. The third kappa shape index (κ3) is 4.95. The number of aliphatic hydroxyl groups is 1. The monoisotopic (exact) mass is 332 g/mol. The van der Waals surface area contributed by atoms with E-state index in [2.05, 4.69) is 10.0 Å². The molecule has 0 saturated carbocycles. The number of carboxylic acids is 1. The van der Waals surface area contributed by atoms with Gasteiger partial charge in [0.15, 0.2) is 0 Å².